The minimum atomic E-state index is 0.137. The lowest BCUT2D eigenvalue weighted by Crippen LogP contribution is -2.46. The van der Waals surface area contributed by atoms with E-state index in [1.807, 2.05) is 12.3 Å². The number of amides is 1. The van der Waals surface area contributed by atoms with Gasteiger partial charge >= 0.3 is 0 Å². The van der Waals surface area contributed by atoms with Crippen LogP contribution in [-0.4, -0.2) is 48.4 Å². The average Bonchev–Trinajstić information content (AvgIpc) is 2.71. The van der Waals surface area contributed by atoms with E-state index in [1.165, 1.54) is 0 Å². The van der Waals surface area contributed by atoms with Crippen LogP contribution in [0.3, 0.4) is 0 Å². The summed E-state index contributed by atoms with van der Waals surface area (Å²) in [6.45, 7) is 5.40. The number of hydrogen-bond acceptors (Lipinski definition) is 3. The lowest BCUT2D eigenvalue weighted by Gasteiger charge is -2.34. The minimum absolute atomic E-state index is 0.137. The molecule has 1 fully saturated rings. The smallest absolute Gasteiger partial charge is 0.220 e. The molecular weight excluding hydrogens is 338 g/mol. The number of benzene rings is 1. The number of carbonyl (C=O) groups is 1. The highest BCUT2D eigenvalue weighted by molar-refractivity contribution is 5.83. The lowest BCUT2D eigenvalue weighted by atomic mass is 9.93. The molecule has 3 rings (SSSR count). The van der Waals surface area contributed by atoms with Gasteiger partial charge in [0.05, 0.1) is 12.1 Å². The van der Waals surface area contributed by atoms with Crippen molar-refractivity contribution < 1.29 is 4.79 Å². The van der Waals surface area contributed by atoms with E-state index < -0.39 is 0 Å². The van der Waals surface area contributed by atoms with Crippen molar-refractivity contribution in [2.45, 2.75) is 32.7 Å². The van der Waals surface area contributed by atoms with Crippen molar-refractivity contribution >= 4 is 22.8 Å². The molecule has 0 spiro atoms. The largest absolute Gasteiger partial charge is 0.359 e. The maximum absolute atomic E-state index is 11.6. The van der Waals surface area contributed by atoms with Gasteiger partial charge < -0.3 is 15.5 Å². The molecule has 1 aliphatic rings. The molecular formula is C21H29N5O. The van der Waals surface area contributed by atoms with Crippen LogP contribution in [0.15, 0.2) is 41.5 Å². The predicted molar refractivity (Wildman–Crippen MR) is 110 cm³/mol. The first-order valence-corrected chi connectivity index (χ1v) is 9.77. The molecule has 2 heterocycles. The summed E-state index contributed by atoms with van der Waals surface area (Å²) >= 11 is 0. The molecule has 6 nitrogen and oxygen atoms in total. The number of para-hydroxylation sites is 1. The van der Waals surface area contributed by atoms with Gasteiger partial charge in [-0.3, -0.25) is 9.78 Å². The number of carbonyl (C=O) groups excluding carboxylic acids is 1. The Labute approximate surface area is 161 Å². The van der Waals surface area contributed by atoms with Crippen LogP contribution < -0.4 is 10.6 Å². The molecule has 1 saturated heterocycles. The van der Waals surface area contributed by atoms with Gasteiger partial charge in [-0.2, -0.15) is 0 Å². The average molecular weight is 367 g/mol. The van der Waals surface area contributed by atoms with Crippen LogP contribution in [0.2, 0.25) is 0 Å². The summed E-state index contributed by atoms with van der Waals surface area (Å²) in [5.74, 6) is 1.55. The zero-order chi connectivity index (χ0) is 19.1. The summed E-state index contributed by atoms with van der Waals surface area (Å²) in [6.07, 6.45) is 4.50. The number of hydrogen-bond donors (Lipinski definition) is 2. The first-order chi connectivity index (χ1) is 13.2. The Balaban J connectivity index is 1.67. The number of likely N-dealkylation sites (tertiary alicyclic amines) is 1. The van der Waals surface area contributed by atoms with Crippen molar-refractivity contribution in [3.8, 4) is 0 Å². The molecule has 2 aromatic rings. The number of piperidine rings is 1. The Kier molecular flexibility index (Phi) is 6.63. The molecule has 2 N–H and O–H groups in total. The maximum Gasteiger partial charge on any atom is 0.220 e. The van der Waals surface area contributed by atoms with E-state index in [2.05, 4.69) is 51.7 Å². The van der Waals surface area contributed by atoms with E-state index in [0.717, 1.165) is 54.9 Å². The fourth-order valence-electron chi connectivity index (χ4n) is 3.59. The number of nitrogens with zero attached hydrogens (tertiary/aromatic N) is 3. The molecule has 6 heteroatoms. The summed E-state index contributed by atoms with van der Waals surface area (Å²) in [5.41, 5.74) is 2.15. The predicted octanol–water partition coefficient (Wildman–Crippen LogP) is 2.55. The van der Waals surface area contributed by atoms with Crippen molar-refractivity contribution in [3.63, 3.8) is 0 Å². The minimum Gasteiger partial charge on any atom is -0.359 e. The first-order valence-electron chi connectivity index (χ1n) is 9.77. The Bertz CT molecular complexity index is 791. The van der Waals surface area contributed by atoms with E-state index in [0.29, 0.717) is 18.9 Å². The van der Waals surface area contributed by atoms with E-state index in [9.17, 15) is 4.79 Å². The van der Waals surface area contributed by atoms with Crippen molar-refractivity contribution in [3.05, 3.63) is 42.1 Å². The summed E-state index contributed by atoms with van der Waals surface area (Å²) < 4.78 is 0. The highest BCUT2D eigenvalue weighted by atomic mass is 16.1. The van der Waals surface area contributed by atoms with Crippen LogP contribution in [0, 0.1) is 5.92 Å². The Hall–Kier alpha value is -2.63. The fraction of sp³-hybridized carbons (Fsp3) is 0.476. The standard InChI is InChI=1S/C21H29N5O/c1-3-23-21(26-12-9-16(10-13-26)14-19(27)22-2)25-15-18-7-4-6-17-8-5-11-24-20(17)18/h4-8,11,16H,3,9-10,12-15H2,1-2H3,(H,22,27)(H,23,25). The first kappa shape index (κ1) is 19.1. The van der Waals surface area contributed by atoms with Crippen LogP contribution >= 0.6 is 0 Å². The van der Waals surface area contributed by atoms with Gasteiger partial charge in [-0.1, -0.05) is 24.3 Å². The molecule has 0 unspecified atom stereocenters. The van der Waals surface area contributed by atoms with Gasteiger partial charge in [-0.05, 0) is 37.3 Å². The number of rotatable bonds is 5. The van der Waals surface area contributed by atoms with Gasteiger partial charge in [0.1, 0.15) is 0 Å². The zero-order valence-corrected chi connectivity index (χ0v) is 16.2. The molecule has 1 aromatic heterocycles. The molecule has 0 bridgehead atoms. The van der Waals surface area contributed by atoms with Gasteiger partial charge in [0.2, 0.25) is 5.91 Å². The van der Waals surface area contributed by atoms with Crippen LogP contribution in [0.5, 0.6) is 0 Å². The van der Waals surface area contributed by atoms with Crippen LogP contribution in [0.1, 0.15) is 31.7 Å². The van der Waals surface area contributed by atoms with Crippen molar-refractivity contribution in [2.75, 3.05) is 26.7 Å². The monoisotopic (exact) mass is 367 g/mol. The zero-order valence-electron chi connectivity index (χ0n) is 16.2. The van der Waals surface area contributed by atoms with E-state index >= 15 is 0 Å². The third-order valence-corrected chi connectivity index (χ3v) is 5.12. The summed E-state index contributed by atoms with van der Waals surface area (Å²) in [4.78, 5) is 23.3. The Morgan fingerprint density at radius 1 is 1.26 bits per heavy atom. The second-order valence-electron chi connectivity index (χ2n) is 6.97. The van der Waals surface area contributed by atoms with E-state index in [-0.39, 0.29) is 5.91 Å². The summed E-state index contributed by atoms with van der Waals surface area (Å²) in [6, 6.07) is 10.3. The number of nitrogens with one attached hydrogen (secondary N) is 2. The van der Waals surface area contributed by atoms with Gasteiger partial charge in [0, 0.05) is 44.7 Å². The number of aliphatic imine (C=N–C) groups is 1. The molecule has 0 radical (unpaired) electrons. The van der Waals surface area contributed by atoms with Crippen molar-refractivity contribution in [2.24, 2.45) is 10.9 Å². The molecule has 1 aliphatic heterocycles. The van der Waals surface area contributed by atoms with E-state index in [4.69, 9.17) is 4.99 Å². The SMILES string of the molecule is CCNC(=NCc1cccc2cccnc12)N1CCC(CC(=O)NC)CC1. The van der Waals surface area contributed by atoms with Gasteiger partial charge in [0.25, 0.3) is 0 Å². The third-order valence-electron chi connectivity index (χ3n) is 5.12. The van der Waals surface area contributed by atoms with Crippen LogP contribution in [0.25, 0.3) is 10.9 Å². The highest BCUT2D eigenvalue weighted by Gasteiger charge is 2.23. The topological polar surface area (TPSA) is 69.6 Å². The summed E-state index contributed by atoms with van der Waals surface area (Å²) in [5, 5.41) is 7.28. The Morgan fingerprint density at radius 3 is 2.78 bits per heavy atom. The molecule has 0 saturated carbocycles. The van der Waals surface area contributed by atoms with E-state index in [1.54, 1.807) is 7.05 Å². The third kappa shape index (κ3) is 4.96. The highest BCUT2D eigenvalue weighted by Crippen LogP contribution is 2.21. The van der Waals surface area contributed by atoms with Gasteiger partial charge in [-0.15, -0.1) is 0 Å². The number of pyridine rings is 1. The van der Waals surface area contributed by atoms with Crippen LogP contribution in [0.4, 0.5) is 0 Å². The number of fused-ring (bicyclic) bond motifs is 1. The normalized spacial score (nSPS) is 15.8. The summed E-state index contributed by atoms with van der Waals surface area (Å²) in [7, 11) is 1.70. The molecule has 27 heavy (non-hydrogen) atoms. The van der Waals surface area contributed by atoms with Crippen molar-refractivity contribution in [1.82, 2.24) is 20.5 Å². The maximum atomic E-state index is 11.6. The molecule has 1 amide bonds. The Morgan fingerprint density at radius 2 is 2.04 bits per heavy atom. The molecule has 0 aliphatic carbocycles. The number of guanidine groups is 1. The quantitative estimate of drug-likeness (QED) is 0.629. The van der Waals surface area contributed by atoms with Gasteiger partial charge in [0.15, 0.2) is 5.96 Å². The lowest BCUT2D eigenvalue weighted by molar-refractivity contribution is -0.121. The van der Waals surface area contributed by atoms with Gasteiger partial charge in [-0.25, -0.2) is 4.99 Å². The molecule has 1 aromatic carbocycles. The van der Waals surface area contributed by atoms with Crippen molar-refractivity contribution in [1.29, 1.82) is 0 Å². The molecule has 144 valence electrons. The second-order valence-corrected chi connectivity index (χ2v) is 6.97. The second kappa shape index (κ2) is 9.35. The molecule has 0 atom stereocenters. The van der Waals surface area contributed by atoms with Crippen LogP contribution in [-0.2, 0) is 11.3 Å². The number of aromatic nitrogens is 1. The fourth-order valence-corrected chi connectivity index (χ4v) is 3.59.